The first-order valence-electron chi connectivity index (χ1n) is 6.32. The van der Waals surface area contributed by atoms with Gasteiger partial charge >= 0.3 is 5.97 Å². The van der Waals surface area contributed by atoms with Crippen molar-refractivity contribution in [3.05, 3.63) is 64.8 Å². The van der Waals surface area contributed by atoms with E-state index in [4.69, 9.17) is 10.5 Å². The summed E-state index contributed by atoms with van der Waals surface area (Å²) in [6.45, 7) is 0.121. The average Bonchev–Trinajstić information content (AvgIpc) is 2.89. The van der Waals surface area contributed by atoms with Gasteiger partial charge in [-0.3, -0.25) is 0 Å². The Morgan fingerprint density at radius 1 is 1.14 bits per heavy atom. The molecule has 2 N–H and O–H groups in total. The Labute approximate surface area is 124 Å². The van der Waals surface area contributed by atoms with Crippen LogP contribution in [-0.2, 0) is 11.3 Å². The van der Waals surface area contributed by atoms with Crippen LogP contribution in [0.25, 0.3) is 10.1 Å². The van der Waals surface area contributed by atoms with Crippen molar-refractivity contribution in [3.63, 3.8) is 0 Å². The van der Waals surface area contributed by atoms with E-state index in [1.165, 1.54) is 23.5 Å². The van der Waals surface area contributed by atoms with E-state index in [9.17, 15) is 9.18 Å². The normalized spacial score (nSPS) is 10.7. The molecule has 0 saturated heterocycles. The number of rotatable bonds is 3. The topological polar surface area (TPSA) is 52.3 Å². The Hall–Kier alpha value is -2.40. The fourth-order valence-corrected chi connectivity index (χ4v) is 2.90. The molecule has 3 aromatic rings. The molecule has 0 saturated carbocycles. The third kappa shape index (κ3) is 3.03. The van der Waals surface area contributed by atoms with Crippen molar-refractivity contribution in [1.82, 2.24) is 0 Å². The highest BCUT2D eigenvalue weighted by molar-refractivity contribution is 7.20. The van der Waals surface area contributed by atoms with Crippen LogP contribution in [0.4, 0.5) is 10.1 Å². The van der Waals surface area contributed by atoms with E-state index >= 15 is 0 Å². The fourth-order valence-electron chi connectivity index (χ4n) is 1.96. The van der Waals surface area contributed by atoms with Gasteiger partial charge in [-0.1, -0.05) is 12.1 Å². The van der Waals surface area contributed by atoms with Gasteiger partial charge < -0.3 is 10.5 Å². The van der Waals surface area contributed by atoms with Gasteiger partial charge in [-0.25, -0.2) is 9.18 Å². The van der Waals surface area contributed by atoms with E-state index in [0.717, 1.165) is 15.6 Å². The monoisotopic (exact) mass is 301 g/mol. The molecule has 0 aliphatic rings. The van der Waals surface area contributed by atoms with E-state index < -0.39 is 0 Å². The number of nitrogen functional groups attached to an aromatic ring is 1. The van der Waals surface area contributed by atoms with E-state index in [-0.39, 0.29) is 18.4 Å². The third-order valence-corrected chi connectivity index (χ3v) is 4.12. The second kappa shape index (κ2) is 5.54. The van der Waals surface area contributed by atoms with E-state index in [1.54, 1.807) is 24.3 Å². The van der Waals surface area contributed by atoms with Crippen molar-refractivity contribution in [2.75, 3.05) is 5.73 Å². The average molecular weight is 301 g/mol. The highest BCUT2D eigenvalue weighted by atomic mass is 32.1. The van der Waals surface area contributed by atoms with Crippen LogP contribution < -0.4 is 5.73 Å². The fraction of sp³-hybridized carbons (Fsp3) is 0.0625. The maximum atomic E-state index is 12.8. The van der Waals surface area contributed by atoms with Gasteiger partial charge in [-0.15, -0.1) is 11.3 Å². The van der Waals surface area contributed by atoms with E-state index in [0.29, 0.717) is 10.6 Å². The minimum Gasteiger partial charge on any atom is -0.457 e. The number of carbonyl (C=O) groups is 1. The molecule has 5 heteroatoms. The lowest BCUT2D eigenvalue weighted by Crippen LogP contribution is -2.02. The van der Waals surface area contributed by atoms with Crippen LogP contribution in [0.3, 0.4) is 0 Å². The van der Waals surface area contributed by atoms with Gasteiger partial charge in [0.15, 0.2) is 0 Å². The molecule has 106 valence electrons. The molecular formula is C16H12FNO2S. The largest absolute Gasteiger partial charge is 0.457 e. The molecule has 1 aromatic heterocycles. The lowest BCUT2D eigenvalue weighted by atomic mass is 10.2. The molecule has 2 aromatic carbocycles. The molecule has 3 rings (SSSR count). The molecule has 0 aliphatic heterocycles. The Kier molecular flexibility index (Phi) is 3.58. The van der Waals surface area contributed by atoms with Gasteiger partial charge in [0.2, 0.25) is 0 Å². The second-order valence-corrected chi connectivity index (χ2v) is 5.69. The van der Waals surface area contributed by atoms with Crippen LogP contribution in [0.5, 0.6) is 0 Å². The molecule has 0 amide bonds. The van der Waals surface area contributed by atoms with Gasteiger partial charge in [0.25, 0.3) is 0 Å². The Bertz CT molecular complexity index is 796. The third-order valence-electron chi connectivity index (χ3n) is 3.02. The summed E-state index contributed by atoms with van der Waals surface area (Å²) in [4.78, 5) is 12.5. The van der Waals surface area contributed by atoms with Gasteiger partial charge in [0.1, 0.15) is 17.3 Å². The van der Waals surface area contributed by atoms with Crippen LogP contribution in [0.15, 0.2) is 48.5 Å². The second-order valence-electron chi connectivity index (χ2n) is 4.61. The lowest BCUT2D eigenvalue weighted by Gasteiger charge is -2.03. The zero-order valence-corrected chi connectivity index (χ0v) is 11.8. The lowest BCUT2D eigenvalue weighted by molar-refractivity contribution is 0.0478. The number of thiophene rings is 1. The van der Waals surface area contributed by atoms with Gasteiger partial charge in [-0.2, -0.15) is 0 Å². The molecule has 0 bridgehead atoms. The predicted molar refractivity (Wildman–Crippen MR) is 81.8 cm³/mol. The number of benzene rings is 2. The van der Waals surface area contributed by atoms with Crippen LogP contribution in [-0.4, -0.2) is 5.97 Å². The molecule has 3 nitrogen and oxygen atoms in total. The van der Waals surface area contributed by atoms with Crippen LogP contribution >= 0.6 is 11.3 Å². The molecule has 0 fully saturated rings. The number of esters is 1. The number of hydrogen-bond acceptors (Lipinski definition) is 4. The number of fused-ring (bicyclic) bond motifs is 1. The molecule has 0 aliphatic carbocycles. The highest BCUT2D eigenvalue weighted by Crippen LogP contribution is 2.28. The SMILES string of the molecule is Nc1ccc2sc(C(=O)OCc3ccc(F)cc3)cc2c1. The minimum absolute atomic E-state index is 0.121. The summed E-state index contributed by atoms with van der Waals surface area (Å²) in [5.74, 6) is -0.703. The number of hydrogen-bond donors (Lipinski definition) is 1. The Morgan fingerprint density at radius 3 is 2.67 bits per heavy atom. The molecule has 0 radical (unpaired) electrons. The number of anilines is 1. The van der Waals surface area contributed by atoms with E-state index in [1.807, 2.05) is 12.1 Å². The van der Waals surface area contributed by atoms with Crippen LogP contribution in [0.2, 0.25) is 0 Å². The van der Waals surface area contributed by atoms with Crippen molar-refractivity contribution in [2.45, 2.75) is 6.61 Å². The summed E-state index contributed by atoms with van der Waals surface area (Å²) < 4.78 is 19.0. The Balaban J connectivity index is 1.73. The highest BCUT2D eigenvalue weighted by Gasteiger charge is 2.12. The molecule has 0 spiro atoms. The van der Waals surface area contributed by atoms with E-state index in [2.05, 4.69) is 0 Å². The molecular weight excluding hydrogens is 289 g/mol. The van der Waals surface area contributed by atoms with Crippen LogP contribution in [0, 0.1) is 5.82 Å². The maximum Gasteiger partial charge on any atom is 0.348 e. The molecule has 1 heterocycles. The minimum atomic E-state index is -0.390. The Morgan fingerprint density at radius 2 is 1.90 bits per heavy atom. The first-order chi connectivity index (χ1) is 10.1. The van der Waals surface area contributed by atoms with Crippen molar-refractivity contribution in [3.8, 4) is 0 Å². The summed E-state index contributed by atoms with van der Waals surface area (Å²) in [6.07, 6.45) is 0. The van der Waals surface area contributed by atoms with Crippen molar-refractivity contribution < 1.29 is 13.9 Å². The number of nitrogens with two attached hydrogens (primary N) is 1. The number of carbonyl (C=O) groups excluding carboxylic acids is 1. The van der Waals surface area contributed by atoms with Gasteiger partial charge in [-0.05, 0) is 47.3 Å². The zero-order chi connectivity index (χ0) is 14.8. The maximum absolute atomic E-state index is 12.8. The smallest absolute Gasteiger partial charge is 0.348 e. The quantitative estimate of drug-likeness (QED) is 0.588. The zero-order valence-electron chi connectivity index (χ0n) is 11.0. The van der Waals surface area contributed by atoms with Gasteiger partial charge in [0, 0.05) is 10.4 Å². The number of halogens is 1. The standard InChI is InChI=1S/C16H12FNO2S/c17-12-3-1-10(2-4-12)9-20-16(19)15-8-11-7-13(18)5-6-14(11)21-15/h1-8H,9,18H2. The summed E-state index contributed by atoms with van der Waals surface area (Å²) in [5, 5.41) is 0.925. The summed E-state index contributed by atoms with van der Waals surface area (Å²) in [5.41, 5.74) is 7.12. The first kappa shape index (κ1) is 13.6. The molecule has 0 atom stereocenters. The summed E-state index contributed by atoms with van der Waals surface area (Å²) >= 11 is 1.36. The van der Waals surface area contributed by atoms with Crippen molar-refractivity contribution in [1.29, 1.82) is 0 Å². The molecule has 0 unspecified atom stereocenters. The summed E-state index contributed by atoms with van der Waals surface area (Å²) in [6, 6.07) is 13.1. The summed E-state index contributed by atoms with van der Waals surface area (Å²) in [7, 11) is 0. The first-order valence-corrected chi connectivity index (χ1v) is 7.14. The predicted octanol–water partition coefficient (Wildman–Crippen LogP) is 3.98. The van der Waals surface area contributed by atoms with Gasteiger partial charge in [0.05, 0.1) is 0 Å². The number of ether oxygens (including phenoxy) is 1. The van der Waals surface area contributed by atoms with Crippen molar-refractivity contribution >= 4 is 33.1 Å². The van der Waals surface area contributed by atoms with Crippen LogP contribution in [0.1, 0.15) is 15.2 Å². The molecule has 21 heavy (non-hydrogen) atoms. The van der Waals surface area contributed by atoms with Crippen molar-refractivity contribution in [2.24, 2.45) is 0 Å².